The predicted molar refractivity (Wildman–Crippen MR) is 91.5 cm³/mol. The molecule has 1 saturated heterocycles. The van der Waals surface area contributed by atoms with Gasteiger partial charge in [-0.2, -0.15) is 0 Å². The number of hydrogen-bond donors (Lipinski definition) is 1. The van der Waals surface area contributed by atoms with E-state index in [9.17, 15) is 9.59 Å². The Balaban J connectivity index is 1.77. The molecule has 2 aliphatic heterocycles. The molecule has 23 heavy (non-hydrogen) atoms. The standard InChI is InChI=1S/C18H25N3O2/c1-14(20-11-7-3-2-4-8-12-20)18(23)21-13-17(22)19-15-9-5-6-10-16(15)21/h5-6,9-10,14H,2-4,7-8,11-13H2,1H3,(H,19,22)/t14-/m0/s1. The van der Waals surface area contributed by atoms with Crippen molar-refractivity contribution in [1.29, 1.82) is 0 Å². The van der Waals surface area contributed by atoms with Gasteiger partial charge in [-0.25, -0.2) is 0 Å². The van der Waals surface area contributed by atoms with Gasteiger partial charge in [0.1, 0.15) is 6.54 Å². The van der Waals surface area contributed by atoms with E-state index in [1.807, 2.05) is 31.2 Å². The third-order valence-corrected chi connectivity index (χ3v) is 4.83. The van der Waals surface area contributed by atoms with Crippen LogP contribution < -0.4 is 10.2 Å². The zero-order chi connectivity index (χ0) is 16.2. The average Bonchev–Trinajstić information content (AvgIpc) is 2.52. The second-order valence-electron chi connectivity index (χ2n) is 6.47. The Morgan fingerprint density at radius 2 is 1.74 bits per heavy atom. The molecule has 2 amide bonds. The molecule has 5 heteroatoms. The van der Waals surface area contributed by atoms with Crippen LogP contribution in [-0.4, -0.2) is 42.4 Å². The Bertz CT molecular complexity index is 579. The number of hydrogen-bond acceptors (Lipinski definition) is 3. The molecule has 0 aliphatic carbocycles. The van der Waals surface area contributed by atoms with Gasteiger partial charge in [0.25, 0.3) is 0 Å². The molecule has 1 N–H and O–H groups in total. The topological polar surface area (TPSA) is 52.7 Å². The van der Waals surface area contributed by atoms with Crippen LogP contribution in [0.4, 0.5) is 11.4 Å². The van der Waals surface area contributed by atoms with Crippen LogP contribution in [0.1, 0.15) is 39.0 Å². The lowest BCUT2D eigenvalue weighted by Gasteiger charge is -2.35. The highest BCUT2D eigenvalue weighted by atomic mass is 16.2. The number of nitrogens with zero attached hydrogens (tertiary/aromatic N) is 2. The number of likely N-dealkylation sites (tertiary alicyclic amines) is 1. The number of benzene rings is 1. The Morgan fingerprint density at radius 3 is 2.48 bits per heavy atom. The smallest absolute Gasteiger partial charge is 0.244 e. The van der Waals surface area contributed by atoms with Gasteiger partial charge in [0.15, 0.2) is 0 Å². The highest BCUT2D eigenvalue weighted by molar-refractivity contribution is 6.11. The average molecular weight is 315 g/mol. The maximum atomic E-state index is 13.0. The first kappa shape index (κ1) is 16.0. The van der Waals surface area contributed by atoms with Crippen molar-refractivity contribution in [3.63, 3.8) is 0 Å². The molecular weight excluding hydrogens is 290 g/mol. The van der Waals surface area contributed by atoms with Gasteiger partial charge in [-0.05, 0) is 45.0 Å². The molecule has 0 aromatic heterocycles. The highest BCUT2D eigenvalue weighted by Crippen LogP contribution is 2.30. The van der Waals surface area contributed by atoms with E-state index in [2.05, 4.69) is 10.2 Å². The van der Waals surface area contributed by atoms with Crippen molar-refractivity contribution >= 4 is 23.2 Å². The SMILES string of the molecule is C[C@@H](C(=O)N1CC(=O)Nc2ccccc21)N1CCCCCCC1. The van der Waals surface area contributed by atoms with E-state index in [0.29, 0.717) is 0 Å². The van der Waals surface area contributed by atoms with Crippen LogP contribution in [-0.2, 0) is 9.59 Å². The summed E-state index contributed by atoms with van der Waals surface area (Å²) in [6.45, 7) is 4.01. The van der Waals surface area contributed by atoms with E-state index in [-0.39, 0.29) is 24.4 Å². The number of para-hydroxylation sites is 2. The molecule has 0 unspecified atom stereocenters. The molecule has 0 bridgehead atoms. The summed E-state index contributed by atoms with van der Waals surface area (Å²) in [5, 5.41) is 2.84. The summed E-state index contributed by atoms with van der Waals surface area (Å²) in [6, 6.07) is 7.32. The molecule has 1 aromatic carbocycles. The van der Waals surface area contributed by atoms with Crippen molar-refractivity contribution < 1.29 is 9.59 Å². The number of anilines is 2. The normalized spacial score (nSPS) is 20.9. The maximum Gasteiger partial charge on any atom is 0.244 e. The molecular formula is C18H25N3O2. The number of carbonyl (C=O) groups is 2. The molecule has 1 atom stereocenters. The van der Waals surface area contributed by atoms with Gasteiger partial charge in [0.2, 0.25) is 11.8 Å². The fraction of sp³-hybridized carbons (Fsp3) is 0.556. The second-order valence-corrected chi connectivity index (χ2v) is 6.47. The molecule has 5 nitrogen and oxygen atoms in total. The van der Waals surface area contributed by atoms with E-state index in [4.69, 9.17) is 0 Å². The van der Waals surface area contributed by atoms with Crippen LogP contribution in [0, 0.1) is 0 Å². The maximum absolute atomic E-state index is 13.0. The van der Waals surface area contributed by atoms with Gasteiger partial charge >= 0.3 is 0 Å². The van der Waals surface area contributed by atoms with Crippen LogP contribution in [0.15, 0.2) is 24.3 Å². The van der Waals surface area contributed by atoms with Crippen LogP contribution in [0.2, 0.25) is 0 Å². The Kier molecular flexibility index (Phi) is 4.96. The molecule has 1 aromatic rings. The summed E-state index contributed by atoms with van der Waals surface area (Å²) in [6.07, 6.45) is 6.08. The first-order valence-electron chi connectivity index (χ1n) is 8.61. The monoisotopic (exact) mass is 315 g/mol. The van der Waals surface area contributed by atoms with E-state index >= 15 is 0 Å². The first-order valence-corrected chi connectivity index (χ1v) is 8.61. The lowest BCUT2D eigenvalue weighted by Crippen LogP contribution is -2.51. The second kappa shape index (κ2) is 7.13. The van der Waals surface area contributed by atoms with E-state index in [1.54, 1.807) is 4.90 Å². The zero-order valence-electron chi connectivity index (χ0n) is 13.8. The molecule has 124 valence electrons. The largest absolute Gasteiger partial charge is 0.323 e. The van der Waals surface area contributed by atoms with Crippen molar-refractivity contribution in [1.82, 2.24) is 4.90 Å². The van der Waals surface area contributed by atoms with E-state index in [0.717, 1.165) is 37.3 Å². The molecule has 0 radical (unpaired) electrons. The summed E-state index contributed by atoms with van der Waals surface area (Å²) in [4.78, 5) is 28.8. The fourth-order valence-corrected chi connectivity index (χ4v) is 3.47. The number of carbonyl (C=O) groups excluding carboxylic acids is 2. The quantitative estimate of drug-likeness (QED) is 0.913. The molecule has 2 aliphatic rings. The van der Waals surface area contributed by atoms with Crippen LogP contribution in [0.3, 0.4) is 0 Å². The molecule has 1 fully saturated rings. The first-order chi connectivity index (χ1) is 11.2. The van der Waals surface area contributed by atoms with Gasteiger partial charge < -0.3 is 5.32 Å². The highest BCUT2D eigenvalue weighted by Gasteiger charge is 2.32. The number of rotatable bonds is 2. The summed E-state index contributed by atoms with van der Waals surface area (Å²) in [5.41, 5.74) is 1.52. The van der Waals surface area contributed by atoms with Crippen molar-refractivity contribution in [2.24, 2.45) is 0 Å². The number of nitrogens with one attached hydrogen (secondary N) is 1. The third kappa shape index (κ3) is 3.55. The minimum absolute atomic E-state index is 0.0212. The summed E-state index contributed by atoms with van der Waals surface area (Å²) < 4.78 is 0. The third-order valence-electron chi connectivity index (χ3n) is 4.83. The predicted octanol–water partition coefficient (Wildman–Crippen LogP) is 2.63. The van der Waals surface area contributed by atoms with Crippen LogP contribution in [0.5, 0.6) is 0 Å². The molecule has 0 saturated carbocycles. The van der Waals surface area contributed by atoms with Crippen molar-refractivity contribution in [3.05, 3.63) is 24.3 Å². The fourth-order valence-electron chi connectivity index (χ4n) is 3.47. The van der Waals surface area contributed by atoms with Gasteiger partial charge in [-0.3, -0.25) is 19.4 Å². The van der Waals surface area contributed by atoms with Gasteiger partial charge in [-0.1, -0.05) is 31.4 Å². The van der Waals surface area contributed by atoms with Crippen molar-refractivity contribution in [2.45, 2.75) is 45.1 Å². The summed E-state index contributed by atoms with van der Waals surface area (Å²) >= 11 is 0. The number of amides is 2. The Hall–Kier alpha value is -1.88. The summed E-state index contributed by atoms with van der Waals surface area (Å²) in [7, 11) is 0. The zero-order valence-corrected chi connectivity index (χ0v) is 13.8. The Labute approximate surface area is 137 Å². The number of fused-ring (bicyclic) bond motifs is 1. The lowest BCUT2D eigenvalue weighted by atomic mass is 10.1. The van der Waals surface area contributed by atoms with Crippen LogP contribution >= 0.6 is 0 Å². The van der Waals surface area contributed by atoms with Crippen LogP contribution in [0.25, 0.3) is 0 Å². The van der Waals surface area contributed by atoms with Gasteiger partial charge in [0, 0.05) is 0 Å². The summed E-state index contributed by atoms with van der Waals surface area (Å²) in [5.74, 6) is -0.107. The Morgan fingerprint density at radius 1 is 1.09 bits per heavy atom. The molecule has 3 rings (SSSR count). The molecule has 2 heterocycles. The van der Waals surface area contributed by atoms with Gasteiger partial charge in [0.05, 0.1) is 17.4 Å². The minimum atomic E-state index is -0.188. The lowest BCUT2D eigenvalue weighted by molar-refractivity contribution is -0.125. The minimum Gasteiger partial charge on any atom is -0.323 e. The van der Waals surface area contributed by atoms with Gasteiger partial charge in [-0.15, -0.1) is 0 Å². The van der Waals surface area contributed by atoms with E-state index in [1.165, 1.54) is 19.3 Å². The van der Waals surface area contributed by atoms with Crippen molar-refractivity contribution in [3.8, 4) is 0 Å². The van der Waals surface area contributed by atoms with E-state index < -0.39 is 0 Å². The molecule has 0 spiro atoms. The van der Waals surface area contributed by atoms with Crippen molar-refractivity contribution in [2.75, 3.05) is 29.9 Å².